The van der Waals surface area contributed by atoms with Crippen molar-refractivity contribution >= 4 is 23.5 Å². The van der Waals surface area contributed by atoms with E-state index in [9.17, 15) is 4.39 Å². The van der Waals surface area contributed by atoms with Crippen LogP contribution in [-0.2, 0) is 0 Å². The number of nitrogens with zero attached hydrogens (tertiary/aromatic N) is 4. The van der Waals surface area contributed by atoms with Gasteiger partial charge in [0.15, 0.2) is 0 Å². The highest BCUT2D eigenvalue weighted by Gasteiger charge is 2.09. The van der Waals surface area contributed by atoms with E-state index < -0.39 is 0 Å². The summed E-state index contributed by atoms with van der Waals surface area (Å²) in [5.74, 6) is 1.05. The Labute approximate surface area is 117 Å². The van der Waals surface area contributed by atoms with Crippen LogP contribution < -0.4 is 15.5 Å². The first-order valence-electron chi connectivity index (χ1n) is 6.14. The topological polar surface area (TPSA) is 66.0 Å². The van der Waals surface area contributed by atoms with Gasteiger partial charge in [-0.15, -0.1) is 0 Å². The van der Waals surface area contributed by atoms with E-state index in [-0.39, 0.29) is 5.82 Å². The third-order valence-corrected chi connectivity index (χ3v) is 2.76. The Hall–Kier alpha value is -2.44. The highest BCUT2D eigenvalue weighted by Crippen LogP contribution is 2.21. The molecule has 0 aliphatic heterocycles. The van der Waals surface area contributed by atoms with Gasteiger partial charge in [0, 0.05) is 32.4 Å². The summed E-state index contributed by atoms with van der Waals surface area (Å²) in [6.45, 7) is 1.70. The van der Waals surface area contributed by atoms with Crippen molar-refractivity contribution < 1.29 is 4.39 Å². The molecule has 0 fully saturated rings. The molecular weight excluding hydrogens is 259 g/mol. The number of halogens is 1. The van der Waals surface area contributed by atoms with Crippen LogP contribution in [0.2, 0.25) is 0 Å². The average Bonchev–Trinajstić information content (AvgIpc) is 2.43. The minimum Gasteiger partial charge on any atom is -0.357 e. The molecule has 0 spiro atoms. The van der Waals surface area contributed by atoms with Gasteiger partial charge in [0.2, 0.25) is 17.8 Å². The molecule has 6 nitrogen and oxygen atoms in total. The van der Waals surface area contributed by atoms with E-state index in [2.05, 4.69) is 25.6 Å². The highest BCUT2D eigenvalue weighted by atomic mass is 19.1. The molecule has 2 aromatic rings. The quantitative estimate of drug-likeness (QED) is 0.892. The van der Waals surface area contributed by atoms with Crippen molar-refractivity contribution in [1.82, 2.24) is 15.0 Å². The first-order chi connectivity index (χ1) is 9.51. The smallest absolute Gasteiger partial charge is 0.233 e. The molecule has 20 heavy (non-hydrogen) atoms. The lowest BCUT2D eigenvalue weighted by Gasteiger charge is -2.14. The molecule has 0 saturated heterocycles. The Bertz CT molecular complexity index is 614. The lowest BCUT2D eigenvalue weighted by molar-refractivity contribution is 0.619. The van der Waals surface area contributed by atoms with Crippen LogP contribution in [0.3, 0.4) is 0 Å². The van der Waals surface area contributed by atoms with E-state index in [0.717, 1.165) is 0 Å². The summed E-state index contributed by atoms with van der Waals surface area (Å²) >= 11 is 0. The van der Waals surface area contributed by atoms with Gasteiger partial charge in [-0.1, -0.05) is 6.07 Å². The Balaban J connectivity index is 2.37. The molecule has 0 saturated carbocycles. The van der Waals surface area contributed by atoms with E-state index in [4.69, 9.17) is 0 Å². The van der Waals surface area contributed by atoms with Crippen molar-refractivity contribution in [3.8, 4) is 0 Å². The highest BCUT2D eigenvalue weighted by molar-refractivity contribution is 5.59. The first kappa shape index (κ1) is 14.0. The molecule has 1 heterocycles. The van der Waals surface area contributed by atoms with Crippen molar-refractivity contribution in [1.29, 1.82) is 0 Å². The van der Waals surface area contributed by atoms with E-state index in [1.165, 1.54) is 6.07 Å². The Kier molecular flexibility index (Phi) is 3.97. The second kappa shape index (κ2) is 5.68. The lowest BCUT2D eigenvalue weighted by atomic mass is 10.2. The van der Waals surface area contributed by atoms with Gasteiger partial charge in [0.05, 0.1) is 0 Å². The van der Waals surface area contributed by atoms with Crippen LogP contribution in [-0.4, -0.2) is 36.1 Å². The SMILES string of the molecule is CNc1nc(Nc2cccc(F)c2C)nc(N(C)C)n1. The fourth-order valence-electron chi connectivity index (χ4n) is 1.60. The van der Waals surface area contributed by atoms with Gasteiger partial charge >= 0.3 is 0 Å². The van der Waals surface area contributed by atoms with E-state index in [1.807, 2.05) is 14.1 Å². The minimum atomic E-state index is -0.272. The molecule has 2 rings (SSSR count). The Morgan fingerprint density at radius 3 is 2.45 bits per heavy atom. The second-order valence-electron chi connectivity index (χ2n) is 4.46. The van der Waals surface area contributed by atoms with Crippen LogP contribution >= 0.6 is 0 Å². The van der Waals surface area contributed by atoms with Gasteiger partial charge in [-0.05, 0) is 19.1 Å². The molecule has 2 N–H and O–H groups in total. The molecular formula is C13H17FN6. The molecule has 0 amide bonds. The van der Waals surface area contributed by atoms with Crippen LogP contribution in [0.4, 0.5) is 27.9 Å². The van der Waals surface area contributed by atoms with E-state index in [1.54, 1.807) is 31.0 Å². The van der Waals surface area contributed by atoms with Crippen LogP contribution in [0.15, 0.2) is 18.2 Å². The Morgan fingerprint density at radius 2 is 1.80 bits per heavy atom. The van der Waals surface area contributed by atoms with E-state index in [0.29, 0.717) is 29.1 Å². The molecule has 0 bridgehead atoms. The largest absolute Gasteiger partial charge is 0.357 e. The number of aromatic nitrogens is 3. The number of benzene rings is 1. The maximum atomic E-state index is 13.5. The molecule has 0 aliphatic carbocycles. The van der Waals surface area contributed by atoms with Crippen molar-refractivity contribution in [3.05, 3.63) is 29.6 Å². The molecule has 0 atom stereocenters. The predicted molar refractivity (Wildman–Crippen MR) is 78.1 cm³/mol. The molecule has 106 valence electrons. The zero-order valence-corrected chi connectivity index (χ0v) is 11.9. The summed E-state index contributed by atoms with van der Waals surface area (Å²) in [6.07, 6.45) is 0. The van der Waals surface area contributed by atoms with Crippen LogP contribution in [0.1, 0.15) is 5.56 Å². The lowest BCUT2D eigenvalue weighted by Crippen LogP contribution is -2.15. The summed E-state index contributed by atoms with van der Waals surface area (Å²) in [6, 6.07) is 4.83. The van der Waals surface area contributed by atoms with Gasteiger partial charge in [-0.25, -0.2) is 4.39 Å². The molecule has 0 unspecified atom stereocenters. The number of anilines is 4. The predicted octanol–water partition coefficient (Wildman–Crippen LogP) is 2.17. The van der Waals surface area contributed by atoms with Gasteiger partial charge in [-0.3, -0.25) is 0 Å². The fraction of sp³-hybridized carbons (Fsp3) is 0.308. The van der Waals surface area contributed by atoms with Crippen molar-refractivity contribution in [2.75, 3.05) is 36.7 Å². The summed E-state index contributed by atoms with van der Waals surface area (Å²) in [5, 5.41) is 5.89. The molecule has 0 aliphatic rings. The fourth-order valence-corrected chi connectivity index (χ4v) is 1.60. The standard InChI is InChI=1S/C13H17FN6/c1-8-9(14)6-5-7-10(8)16-12-17-11(15-2)18-13(19-12)20(3)4/h5-7H,1-4H3,(H2,15,16,17,18,19). The summed E-state index contributed by atoms with van der Waals surface area (Å²) in [5.41, 5.74) is 1.15. The zero-order valence-electron chi connectivity index (χ0n) is 11.9. The number of nitrogens with one attached hydrogen (secondary N) is 2. The summed E-state index contributed by atoms with van der Waals surface area (Å²) < 4.78 is 13.5. The second-order valence-corrected chi connectivity index (χ2v) is 4.46. The zero-order chi connectivity index (χ0) is 14.7. The normalized spacial score (nSPS) is 10.2. The van der Waals surface area contributed by atoms with Crippen LogP contribution in [0, 0.1) is 12.7 Å². The van der Waals surface area contributed by atoms with Crippen molar-refractivity contribution in [2.24, 2.45) is 0 Å². The van der Waals surface area contributed by atoms with Crippen LogP contribution in [0.25, 0.3) is 0 Å². The van der Waals surface area contributed by atoms with Crippen LogP contribution in [0.5, 0.6) is 0 Å². The van der Waals surface area contributed by atoms with Gasteiger partial charge in [0.25, 0.3) is 0 Å². The molecule has 1 aromatic carbocycles. The third kappa shape index (κ3) is 2.93. The first-order valence-corrected chi connectivity index (χ1v) is 6.14. The van der Waals surface area contributed by atoms with Gasteiger partial charge in [-0.2, -0.15) is 15.0 Å². The third-order valence-electron chi connectivity index (χ3n) is 2.76. The average molecular weight is 276 g/mol. The summed E-state index contributed by atoms with van der Waals surface area (Å²) in [4.78, 5) is 14.5. The maximum absolute atomic E-state index is 13.5. The van der Waals surface area contributed by atoms with E-state index >= 15 is 0 Å². The molecule has 0 radical (unpaired) electrons. The molecule has 1 aromatic heterocycles. The minimum absolute atomic E-state index is 0.272. The monoisotopic (exact) mass is 276 g/mol. The maximum Gasteiger partial charge on any atom is 0.233 e. The molecule has 7 heteroatoms. The van der Waals surface area contributed by atoms with Crippen molar-refractivity contribution in [3.63, 3.8) is 0 Å². The number of hydrogen-bond donors (Lipinski definition) is 2. The summed E-state index contributed by atoms with van der Waals surface area (Å²) in [7, 11) is 5.41. The van der Waals surface area contributed by atoms with Gasteiger partial charge in [0.1, 0.15) is 5.82 Å². The number of hydrogen-bond acceptors (Lipinski definition) is 6. The Morgan fingerprint density at radius 1 is 1.10 bits per heavy atom. The van der Waals surface area contributed by atoms with Gasteiger partial charge < -0.3 is 15.5 Å². The number of rotatable bonds is 4. The van der Waals surface area contributed by atoms with Crippen molar-refractivity contribution in [2.45, 2.75) is 6.92 Å².